The van der Waals surface area contributed by atoms with Crippen molar-refractivity contribution in [3.05, 3.63) is 0 Å². The lowest BCUT2D eigenvalue weighted by atomic mass is 10.1. The molecular weight excluding hydrogens is 152 g/mol. The number of nitrogens with zero attached hydrogens (tertiary/aromatic N) is 2. The first-order valence-corrected chi connectivity index (χ1v) is 4.79. The standard InChI is InChI=1S/C9H18N2O/c1-8-5-10(2)6-9-7-12-4-3-11(8)9/h8-9H,3-7H2,1-2H3. The predicted molar refractivity (Wildman–Crippen MR) is 48.3 cm³/mol. The number of likely N-dealkylation sites (N-methyl/N-ethyl adjacent to an activating group) is 1. The Kier molecular flexibility index (Phi) is 2.35. The van der Waals surface area contributed by atoms with Gasteiger partial charge in [0.2, 0.25) is 0 Å². The maximum Gasteiger partial charge on any atom is 0.0635 e. The average molecular weight is 170 g/mol. The van der Waals surface area contributed by atoms with E-state index in [2.05, 4.69) is 23.8 Å². The summed E-state index contributed by atoms with van der Waals surface area (Å²) in [5, 5.41) is 0. The minimum Gasteiger partial charge on any atom is -0.378 e. The van der Waals surface area contributed by atoms with Crippen molar-refractivity contribution in [2.24, 2.45) is 0 Å². The molecule has 2 aliphatic heterocycles. The molecule has 0 amide bonds. The lowest BCUT2D eigenvalue weighted by molar-refractivity contribution is -0.0630. The largest absolute Gasteiger partial charge is 0.378 e. The molecule has 0 bridgehead atoms. The summed E-state index contributed by atoms with van der Waals surface area (Å²) in [7, 11) is 2.20. The summed E-state index contributed by atoms with van der Waals surface area (Å²) in [4.78, 5) is 4.99. The highest BCUT2D eigenvalue weighted by Gasteiger charge is 2.32. The zero-order valence-corrected chi connectivity index (χ0v) is 7.99. The molecule has 0 aromatic heterocycles. The molecule has 2 heterocycles. The Morgan fingerprint density at radius 2 is 2.17 bits per heavy atom. The minimum absolute atomic E-state index is 0.646. The van der Waals surface area contributed by atoms with Crippen molar-refractivity contribution in [1.82, 2.24) is 9.80 Å². The van der Waals surface area contributed by atoms with Gasteiger partial charge >= 0.3 is 0 Å². The number of fused-ring (bicyclic) bond motifs is 1. The quantitative estimate of drug-likeness (QED) is 0.510. The summed E-state index contributed by atoms with van der Waals surface area (Å²) in [6, 6.07) is 1.35. The molecule has 2 fully saturated rings. The molecule has 0 spiro atoms. The Labute approximate surface area is 74.3 Å². The molecule has 70 valence electrons. The van der Waals surface area contributed by atoms with Crippen molar-refractivity contribution in [2.75, 3.05) is 39.9 Å². The molecule has 0 aliphatic carbocycles. The van der Waals surface area contributed by atoms with Crippen LogP contribution >= 0.6 is 0 Å². The average Bonchev–Trinajstić information content (AvgIpc) is 2.04. The Morgan fingerprint density at radius 1 is 1.33 bits per heavy atom. The molecule has 0 aromatic rings. The fourth-order valence-corrected chi connectivity index (χ4v) is 2.40. The fourth-order valence-electron chi connectivity index (χ4n) is 2.40. The second kappa shape index (κ2) is 3.32. The molecule has 0 N–H and O–H groups in total. The van der Waals surface area contributed by atoms with E-state index in [1.54, 1.807) is 0 Å². The van der Waals surface area contributed by atoms with Gasteiger partial charge in [-0.3, -0.25) is 4.90 Å². The summed E-state index contributed by atoms with van der Waals surface area (Å²) < 4.78 is 5.47. The SMILES string of the molecule is CC1CN(C)CC2COCCN12. The summed E-state index contributed by atoms with van der Waals surface area (Å²) in [5.74, 6) is 0. The molecule has 2 atom stereocenters. The van der Waals surface area contributed by atoms with Crippen molar-refractivity contribution >= 4 is 0 Å². The van der Waals surface area contributed by atoms with E-state index in [0.29, 0.717) is 12.1 Å². The molecule has 0 saturated carbocycles. The van der Waals surface area contributed by atoms with Crippen LogP contribution in [0, 0.1) is 0 Å². The molecule has 2 unspecified atom stereocenters. The number of hydrogen-bond donors (Lipinski definition) is 0. The first kappa shape index (κ1) is 8.48. The van der Waals surface area contributed by atoms with Gasteiger partial charge in [0.05, 0.1) is 13.2 Å². The highest BCUT2D eigenvalue weighted by atomic mass is 16.5. The van der Waals surface area contributed by atoms with E-state index in [0.717, 1.165) is 19.8 Å². The lowest BCUT2D eigenvalue weighted by Crippen LogP contribution is -2.60. The van der Waals surface area contributed by atoms with Crippen LogP contribution in [0.3, 0.4) is 0 Å². The second-order valence-electron chi connectivity index (χ2n) is 4.04. The van der Waals surface area contributed by atoms with Gasteiger partial charge in [0, 0.05) is 31.7 Å². The third-order valence-electron chi connectivity index (χ3n) is 2.94. The molecular formula is C9H18N2O. The van der Waals surface area contributed by atoms with Crippen LogP contribution in [0.1, 0.15) is 6.92 Å². The Hall–Kier alpha value is -0.120. The third-order valence-corrected chi connectivity index (χ3v) is 2.94. The van der Waals surface area contributed by atoms with Gasteiger partial charge < -0.3 is 9.64 Å². The van der Waals surface area contributed by atoms with Crippen molar-refractivity contribution < 1.29 is 4.74 Å². The van der Waals surface area contributed by atoms with Crippen LogP contribution in [0.5, 0.6) is 0 Å². The van der Waals surface area contributed by atoms with Crippen molar-refractivity contribution in [3.63, 3.8) is 0 Å². The highest BCUT2D eigenvalue weighted by molar-refractivity contribution is 4.87. The van der Waals surface area contributed by atoms with Gasteiger partial charge in [0.1, 0.15) is 0 Å². The van der Waals surface area contributed by atoms with Gasteiger partial charge in [-0.15, -0.1) is 0 Å². The highest BCUT2D eigenvalue weighted by Crippen LogP contribution is 2.17. The van der Waals surface area contributed by atoms with E-state index in [4.69, 9.17) is 4.74 Å². The van der Waals surface area contributed by atoms with Gasteiger partial charge in [-0.25, -0.2) is 0 Å². The Morgan fingerprint density at radius 3 is 3.00 bits per heavy atom. The lowest BCUT2D eigenvalue weighted by Gasteiger charge is -2.46. The second-order valence-corrected chi connectivity index (χ2v) is 4.04. The van der Waals surface area contributed by atoms with Gasteiger partial charge in [-0.1, -0.05) is 0 Å². The van der Waals surface area contributed by atoms with Crippen LogP contribution in [-0.4, -0.2) is 61.8 Å². The number of morpholine rings is 1. The molecule has 0 radical (unpaired) electrons. The van der Waals surface area contributed by atoms with Crippen LogP contribution in [0.4, 0.5) is 0 Å². The van der Waals surface area contributed by atoms with Crippen LogP contribution in [0.25, 0.3) is 0 Å². The number of piperazine rings is 1. The van der Waals surface area contributed by atoms with E-state index in [1.807, 2.05) is 0 Å². The van der Waals surface area contributed by atoms with Crippen molar-refractivity contribution in [3.8, 4) is 0 Å². The van der Waals surface area contributed by atoms with Gasteiger partial charge in [0.25, 0.3) is 0 Å². The van der Waals surface area contributed by atoms with Crippen molar-refractivity contribution in [2.45, 2.75) is 19.0 Å². The molecule has 3 heteroatoms. The fraction of sp³-hybridized carbons (Fsp3) is 1.00. The van der Waals surface area contributed by atoms with E-state index >= 15 is 0 Å². The first-order valence-electron chi connectivity index (χ1n) is 4.79. The predicted octanol–water partition coefficient (Wildman–Crippen LogP) is 0.0211. The van der Waals surface area contributed by atoms with Gasteiger partial charge in [-0.05, 0) is 14.0 Å². The van der Waals surface area contributed by atoms with Crippen LogP contribution < -0.4 is 0 Å². The maximum absolute atomic E-state index is 5.47. The zero-order chi connectivity index (χ0) is 8.55. The Bertz CT molecular complexity index is 163. The number of ether oxygens (including phenoxy) is 1. The monoisotopic (exact) mass is 170 g/mol. The van der Waals surface area contributed by atoms with E-state index in [1.165, 1.54) is 13.1 Å². The number of rotatable bonds is 0. The molecule has 3 nitrogen and oxygen atoms in total. The van der Waals surface area contributed by atoms with Gasteiger partial charge in [-0.2, -0.15) is 0 Å². The smallest absolute Gasteiger partial charge is 0.0635 e. The third kappa shape index (κ3) is 1.49. The summed E-state index contributed by atoms with van der Waals surface area (Å²) in [5.41, 5.74) is 0. The van der Waals surface area contributed by atoms with E-state index < -0.39 is 0 Å². The molecule has 0 aromatic carbocycles. The zero-order valence-electron chi connectivity index (χ0n) is 7.99. The molecule has 12 heavy (non-hydrogen) atoms. The van der Waals surface area contributed by atoms with Crippen LogP contribution in [0.15, 0.2) is 0 Å². The van der Waals surface area contributed by atoms with E-state index in [-0.39, 0.29) is 0 Å². The van der Waals surface area contributed by atoms with Crippen LogP contribution in [-0.2, 0) is 4.74 Å². The molecule has 2 saturated heterocycles. The Balaban J connectivity index is 2.01. The first-order chi connectivity index (χ1) is 5.77. The summed E-state index contributed by atoms with van der Waals surface area (Å²) >= 11 is 0. The van der Waals surface area contributed by atoms with Crippen molar-refractivity contribution in [1.29, 1.82) is 0 Å². The molecule has 2 aliphatic rings. The minimum atomic E-state index is 0.646. The topological polar surface area (TPSA) is 15.7 Å². The van der Waals surface area contributed by atoms with Gasteiger partial charge in [0.15, 0.2) is 0 Å². The summed E-state index contributed by atoms with van der Waals surface area (Å²) in [6.45, 7) is 7.66. The summed E-state index contributed by atoms with van der Waals surface area (Å²) in [6.07, 6.45) is 0. The maximum atomic E-state index is 5.47. The molecule has 2 rings (SSSR count). The van der Waals surface area contributed by atoms with E-state index in [9.17, 15) is 0 Å². The normalized spacial score (nSPS) is 39.5. The van der Waals surface area contributed by atoms with Crippen LogP contribution in [0.2, 0.25) is 0 Å². The number of hydrogen-bond acceptors (Lipinski definition) is 3.